The van der Waals surface area contributed by atoms with E-state index in [1.807, 2.05) is 0 Å². The molecule has 51 heavy (non-hydrogen) atoms. The first-order valence-corrected chi connectivity index (χ1v) is 31.3. The van der Waals surface area contributed by atoms with E-state index in [-0.39, 0.29) is 0 Å². The third-order valence-corrected chi connectivity index (χ3v) is 22.0. The monoisotopic (exact) mass is 763 g/mol. The summed E-state index contributed by atoms with van der Waals surface area (Å²) in [5, 5.41) is 0. The van der Waals surface area contributed by atoms with Crippen LogP contribution in [0, 0.1) is 0 Å². The number of hydrogen-bond donors (Lipinski definition) is 0. The van der Waals surface area contributed by atoms with E-state index in [0.717, 1.165) is 17.2 Å². The van der Waals surface area contributed by atoms with E-state index >= 15 is 0 Å². The lowest BCUT2D eigenvalue weighted by molar-refractivity contribution is 0.482. The molecule has 0 aliphatic rings. The Morgan fingerprint density at radius 1 is 0.294 bits per heavy atom. The average Bonchev–Trinajstić information content (AvgIpc) is 3.09. The minimum Gasteiger partial charge on any atom is -0.544 e. The van der Waals surface area contributed by atoms with E-state index in [2.05, 4.69) is 79.4 Å². The van der Waals surface area contributed by atoms with Crippen LogP contribution < -0.4 is 13.3 Å². The first kappa shape index (κ1) is 48.3. The number of benzene rings is 1. The van der Waals surface area contributed by atoms with E-state index in [1.165, 1.54) is 190 Å². The summed E-state index contributed by atoms with van der Waals surface area (Å²) in [7, 11) is -5.89. The molecule has 0 N–H and O–H groups in total. The lowest BCUT2D eigenvalue weighted by Crippen LogP contribution is -2.39. The molecule has 0 bridgehead atoms. The van der Waals surface area contributed by atoms with Crippen LogP contribution >= 0.6 is 0 Å². The Labute approximate surface area is 324 Å². The van der Waals surface area contributed by atoms with E-state index in [1.54, 1.807) is 0 Å². The quantitative estimate of drug-likeness (QED) is 0.0503. The van der Waals surface area contributed by atoms with Crippen LogP contribution in [0.3, 0.4) is 0 Å². The zero-order valence-corrected chi connectivity index (χ0v) is 39.2. The second-order valence-corrected chi connectivity index (χ2v) is 29.5. The summed E-state index contributed by atoms with van der Waals surface area (Å²) in [4.78, 5) is 0. The van der Waals surface area contributed by atoms with Gasteiger partial charge in [0.05, 0.1) is 0 Å². The summed E-state index contributed by atoms with van der Waals surface area (Å²) in [5.74, 6) is 3.10. The van der Waals surface area contributed by atoms with Crippen molar-refractivity contribution in [3.63, 3.8) is 0 Å². The second-order valence-electron chi connectivity index (χ2n) is 17.2. The molecule has 0 heterocycles. The van der Waals surface area contributed by atoms with Gasteiger partial charge in [0, 0.05) is 18.2 Å². The van der Waals surface area contributed by atoms with Crippen molar-refractivity contribution >= 4 is 25.0 Å². The van der Waals surface area contributed by atoms with Crippen molar-refractivity contribution in [3.8, 4) is 17.2 Å². The van der Waals surface area contributed by atoms with Gasteiger partial charge in [-0.25, -0.2) is 0 Å². The lowest BCUT2D eigenvalue weighted by atomic mass is 10.2. The third-order valence-electron chi connectivity index (χ3n) is 11.3. The van der Waals surface area contributed by atoms with Crippen LogP contribution in [0.1, 0.15) is 196 Å². The third kappa shape index (κ3) is 23.6. The maximum Gasteiger partial charge on any atom is 0.248 e. The van der Waals surface area contributed by atoms with Gasteiger partial charge in [-0.3, -0.25) is 0 Å². The molecule has 0 radical (unpaired) electrons. The zero-order valence-electron chi connectivity index (χ0n) is 36.2. The van der Waals surface area contributed by atoms with Crippen molar-refractivity contribution in [1.82, 2.24) is 0 Å². The Morgan fingerprint density at radius 2 is 0.471 bits per heavy atom. The lowest BCUT2D eigenvalue weighted by Gasteiger charge is -2.33. The first-order valence-electron chi connectivity index (χ1n) is 22.8. The van der Waals surface area contributed by atoms with Gasteiger partial charge < -0.3 is 13.3 Å². The standard InChI is InChI=1S/C45H90O3Si3/c1-10-16-22-28-34-49(7,35-29-23-17-11-2)46-43-40-44(47-50(8,36-30-24-18-12-3)37-31-25-19-13-4)42-45(41-43)48-51(9,38-32-26-20-14-5)39-33-27-21-15-6/h40-42H,10-39H2,1-9H3. The fourth-order valence-electron chi connectivity index (χ4n) is 7.81. The van der Waals surface area contributed by atoms with Gasteiger partial charge in [-0.15, -0.1) is 0 Å². The Morgan fingerprint density at radius 3 is 0.627 bits per heavy atom. The Hall–Kier alpha value is -0.729. The van der Waals surface area contributed by atoms with Crippen molar-refractivity contribution in [2.24, 2.45) is 0 Å². The molecule has 0 amide bonds. The van der Waals surface area contributed by atoms with Gasteiger partial charge in [-0.2, -0.15) is 0 Å². The topological polar surface area (TPSA) is 27.7 Å². The number of rotatable bonds is 36. The second kappa shape index (κ2) is 29.6. The summed E-state index contributed by atoms with van der Waals surface area (Å²) < 4.78 is 22.0. The van der Waals surface area contributed by atoms with E-state index in [4.69, 9.17) is 13.3 Å². The summed E-state index contributed by atoms with van der Waals surface area (Å²) in [5.41, 5.74) is 0. The van der Waals surface area contributed by atoms with Gasteiger partial charge in [-0.1, -0.05) is 196 Å². The largest absolute Gasteiger partial charge is 0.544 e. The maximum atomic E-state index is 7.33. The highest BCUT2D eigenvalue weighted by Crippen LogP contribution is 2.38. The molecule has 6 heteroatoms. The normalized spacial score (nSPS) is 12.4. The molecule has 3 nitrogen and oxygen atoms in total. The average molecular weight is 763 g/mol. The smallest absolute Gasteiger partial charge is 0.248 e. The van der Waals surface area contributed by atoms with Crippen LogP contribution in [-0.2, 0) is 0 Å². The molecule has 0 aromatic heterocycles. The van der Waals surface area contributed by atoms with Gasteiger partial charge in [-0.05, 0) is 55.9 Å². The zero-order chi connectivity index (χ0) is 37.7. The fourth-order valence-corrected chi connectivity index (χ4v) is 17.2. The molecule has 0 aliphatic heterocycles. The van der Waals surface area contributed by atoms with Gasteiger partial charge in [0.25, 0.3) is 0 Å². The van der Waals surface area contributed by atoms with E-state index in [9.17, 15) is 0 Å². The highest BCUT2D eigenvalue weighted by atomic mass is 28.4. The molecule has 1 aromatic rings. The number of hydrogen-bond acceptors (Lipinski definition) is 3. The van der Waals surface area contributed by atoms with Crippen LogP contribution in [0.5, 0.6) is 17.2 Å². The molecule has 0 fully saturated rings. The summed E-state index contributed by atoms with van der Waals surface area (Å²) in [6.45, 7) is 21.5. The highest BCUT2D eigenvalue weighted by Gasteiger charge is 2.34. The van der Waals surface area contributed by atoms with Crippen molar-refractivity contribution in [3.05, 3.63) is 18.2 Å². The molecule has 0 spiro atoms. The van der Waals surface area contributed by atoms with Crippen LogP contribution in [0.2, 0.25) is 55.9 Å². The predicted molar refractivity (Wildman–Crippen MR) is 237 cm³/mol. The molecule has 300 valence electrons. The van der Waals surface area contributed by atoms with E-state index < -0.39 is 25.0 Å². The van der Waals surface area contributed by atoms with Crippen molar-refractivity contribution in [2.45, 2.75) is 252 Å². The SMILES string of the molecule is CCCCCC[Si](C)(CCCCCC)Oc1cc(O[Si](C)(CCCCCC)CCCCCC)cc(O[Si](C)(CCCCCC)CCCCCC)c1. The van der Waals surface area contributed by atoms with Crippen molar-refractivity contribution in [2.75, 3.05) is 0 Å². The molecular weight excluding hydrogens is 673 g/mol. The minimum absolute atomic E-state index is 1.03. The summed E-state index contributed by atoms with van der Waals surface area (Å²) >= 11 is 0. The van der Waals surface area contributed by atoms with E-state index in [0.29, 0.717) is 0 Å². The molecule has 1 rings (SSSR count). The molecule has 0 aliphatic carbocycles. The number of unbranched alkanes of at least 4 members (excludes halogenated alkanes) is 18. The molecule has 0 unspecified atom stereocenters. The Balaban J connectivity index is 3.54. The van der Waals surface area contributed by atoms with Crippen LogP contribution in [0.15, 0.2) is 18.2 Å². The van der Waals surface area contributed by atoms with Crippen molar-refractivity contribution < 1.29 is 13.3 Å². The molecule has 0 atom stereocenters. The Bertz CT molecular complexity index is 787. The van der Waals surface area contributed by atoms with Crippen LogP contribution in [-0.4, -0.2) is 25.0 Å². The predicted octanol–water partition coefficient (Wildman–Crippen LogP) is 17.0. The molecular formula is C45H90O3Si3. The van der Waals surface area contributed by atoms with Crippen molar-refractivity contribution in [1.29, 1.82) is 0 Å². The minimum atomic E-state index is -1.96. The van der Waals surface area contributed by atoms with Gasteiger partial charge >= 0.3 is 0 Å². The fraction of sp³-hybridized carbons (Fsp3) is 0.867. The summed E-state index contributed by atoms with van der Waals surface area (Å²) in [6.07, 6.45) is 31.5. The molecule has 1 aromatic carbocycles. The van der Waals surface area contributed by atoms with Gasteiger partial charge in [0.1, 0.15) is 17.2 Å². The molecule has 0 saturated heterocycles. The first-order chi connectivity index (χ1) is 24.6. The Kier molecular flexibility index (Phi) is 28.0. The highest BCUT2D eigenvalue weighted by molar-refractivity contribution is 6.74. The maximum absolute atomic E-state index is 7.33. The van der Waals surface area contributed by atoms with Crippen LogP contribution in [0.4, 0.5) is 0 Å². The molecule has 0 saturated carbocycles. The van der Waals surface area contributed by atoms with Gasteiger partial charge in [0.2, 0.25) is 25.0 Å². The van der Waals surface area contributed by atoms with Gasteiger partial charge in [0.15, 0.2) is 0 Å². The summed E-state index contributed by atoms with van der Waals surface area (Å²) in [6, 6.07) is 14.4. The van der Waals surface area contributed by atoms with Crippen LogP contribution in [0.25, 0.3) is 0 Å².